The molecule has 0 aromatic heterocycles. The Bertz CT molecular complexity index is 447. The van der Waals surface area contributed by atoms with Crippen molar-refractivity contribution in [3.05, 3.63) is 30.3 Å². The van der Waals surface area contributed by atoms with E-state index in [2.05, 4.69) is 29.2 Å². The van der Waals surface area contributed by atoms with E-state index in [1.807, 2.05) is 24.9 Å². The molecular weight excluding hydrogens is 262 g/mol. The molecule has 2 rings (SSSR count). The van der Waals surface area contributed by atoms with Crippen LogP contribution in [0.15, 0.2) is 30.3 Å². The average Bonchev–Trinajstić information content (AvgIpc) is 2.52. The van der Waals surface area contributed by atoms with Gasteiger partial charge >= 0.3 is 0 Å². The first-order valence-corrected chi connectivity index (χ1v) is 7.89. The third kappa shape index (κ3) is 4.46. The van der Waals surface area contributed by atoms with Crippen molar-refractivity contribution in [1.29, 1.82) is 0 Å². The number of carbonyl (C=O) groups is 1. The fourth-order valence-electron chi connectivity index (χ4n) is 2.88. The van der Waals surface area contributed by atoms with Gasteiger partial charge in [0.2, 0.25) is 5.91 Å². The molecule has 0 bridgehead atoms. The molecule has 4 nitrogen and oxygen atoms in total. The summed E-state index contributed by atoms with van der Waals surface area (Å²) >= 11 is 0. The number of carbonyl (C=O) groups excluding carboxylic acids is 1. The van der Waals surface area contributed by atoms with Crippen molar-refractivity contribution in [2.24, 2.45) is 5.73 Å². The normalized spacial score (nSPS) is 20.1. The van der Waals surface area contributed by atoms with Crippen LogP contribution in [0.4, 0.5) is 5.69 Å². The van der Waals surface area contributed by atoms with Crippen LogP contribution in [0.5, 0.6) is 0 Å². The average molecular weight is 289 g/mol. The molecule has 1 aromatic carbocycles. The monoisotopic (exact) mass is 289 g/mol. The lowest BCUT2D eigenvalue weighted by Gasteiger charge is -2.39. The van der Waals surface area contributed by atoms with Gasteiger partial charge in [0.15, 0.2) is 0 Å². The van der Waals surface area contributed by atoms with Gasteiger partial charge in [-0.1, -0.05) is 18.2 Å². The number of rotatable bonds is 5. The van der Waals surface area contributed by atoms with Crippen molar-refractivity contribution in [2.45, 2.75) is 44.7 Å². The topological polar surface area (TPSA) is 49.6 Å². The minimum absolute atomic E-state index is 0.0922. The summed E-state index contributed by atoms with van der Waals surface area (Å²) in [6.45, 7) is 3.94. The van der Waals surface area contributed by atoms with E-state index in [0.717, 1.165) is 32.4 Å². The summed E-state index contributed by atoms with van der Waals surface area (Å²) in [5.74, 6) is 0.215. The number of amides is 1. The van der Waals surface area contributed by atoms with Gasteiger partial charge in [-0.25, -0.2) is 0 Å². The second-order valence-electron chi connectivity index (χ2n) is 6.10. The molecule has 1 amide bonds. The maximum absolute atomic E-state index is 12.2. The first-order valence-electron chi connectivity index (χ1n) is 7.89. The number of nitrogens with zero attached hydrogens (tertiary/aromatic N) is 2. The highest BCUT2D eigenvalue weighted by atomic mass is 16.2. The Morgan fingerprint density at radius 3 is 2.81 bits per heavy atom. The smallest absolute Gasteiger partial charge is 0.222 e. The summed E-state index contributed by atoms with van der Waals surface area (Å²) in [5, 5.41) is 0. The summed E-state index contributed by atoms with van der Waals surface area (Å²) in [7, 11) is 1.93. The van der Waals surface area contributed by atoms with Crippen molar-refractivity contribution >= 4 is 11.6 Å². The lowest BCUT2D eigenvalue weighted by molar-refractivity contribution is -0.132. The van der Waals surface area contributed by atoms with Gasteiger partial charge in [-0.05, 0) is 38.3 Å². The summed E-state index contributed by atoms with van der Waals surface area (Å²) in [6.07, 6.45) is 3.53. The molecule has 0 aliphatic carbocycles. The van der Waals surface area contributed by atoms with Crippen LogP contribution in [-0.2, 0) is 4.79 Å². The van der Waals surface area contributed by atoms with Crippen molar-refractivity contribution in [1.82, 2.24) is 4.90 Å². The Balaban J connectivity index is 1.92. The molecule has 1 fully saturated rings. The van der Waals surface area contributed by atoms with Crippen molar-refractivity contribution in [3.63, 3.8) is 0 Å². The molecule has 1 aromatic rings. The molecule has 0 radical (unpaired) electrons. The Morgan fingerprint density at radius 2 is 2.14 bits per heavy atom. The summed E-state index contributed by atoms with van der Waals surface area (Å²) in [4.78, 5) is 16.5. The van der Waals surface area contributed by atoms with Crippen molar-refractivity contribution < 1.29 is 4.79 Å². The fraction of sp³-hybridized carbons (Fsp3) is 0.588. The lowest BCUT2D eigenvalue weighted by atomic mass is 10.0. The van der Waals surface area contributed by atoms with Gasteiger partial charge in [-0.3, -0.25) is 4.79 Å². The van der Waals surface area contributed by atoms with Crippen LogP contribution in [0.1, 0.15) is 32.6 Å². The molecule has 1 saturated heterocycles. The highest BCUT2D eigenvalue weighted by molar-refractivity contribution is 5.76. The second kappa shape index (κ2) is 7.46. The zero-order valence-electron chi connectivity index (χ0n) is 13.2. The predicted molar refractivity (Wildman–Crippen MR) is 87.3 cm³/mol. The van der Waals surface area contributed by atoms with Crippen LogP contribution in [0.25, 0.3) is 0 Å². The first kappa shape index (κ1) is 15.8. The number of nitrogens with two attached hydrogens (primary N) is 1. The van der Waals surface area contributed by atoms with Gasteiger partial charge in [0.05, 0.1) is 0 Å². The van der Waals surface area contributed by atoms with Gasteiger partial charge < -0.3 is 15.5 Å². The number of anilines is 1. The van der Waals surface area contributed by atoms with Crippen LogP contribution < -0.4 is 10.6 Å². The number of hydrogen-bond donors (Lipinski definition) is 1. The highest BCUT2D eigenvalue weighted by Gasteiger charge is 2.26. The van der Waals surface area contributed by atoms with Gasteiger partial charge in [-0.15, -0.1) is 0 Å². The minimum Gasteiger partial charge on any atom is -0.369 e. The third-order valence-electron chi connectivity index (χ3n) is 4.27. The van der Waals surface area contributed by atoms with Crippen LogP contribution in [0.2, 0.25) is 0 Å². The van der Waals surface area contributed by atoms with Gasteiger partial charge in [0.1, 0.15) is 0 Å². The molecule has 0 saturated carbocycles. The quantitative estimate of drug-likeness (QED) is 0.904. The minimum atomic E-state index is 0.0922. The SMILES string of the molecule is CC(N)CCC(=O)N(C)C1CCCN(c2ccccc2)C1. The van der Waals surface area contributed by atoms with Crippen molar-refractivity contribution in [3.8, 4) is 0 Å². The fourth-order valence-corrected chi connectivity index (χ4v) is 2.88. The van der Waals surface area contributed by atoms with E-state index in [-0.39, 0.29) is 11.9 Å². The lowest BCUT2D eigenvalue weighted by Crippen LogP contribution is -2.48. The number of likely N-dealkylation sites (N-methyl/N-ethyl adjacent to an activating group) is 1. The van der Waals surface area contributed by atoms with Crippen LogP contribution in [0.3, 0.4) is 0 Å². The van der Waals surface area contributed by atoms with E-state index >= 15 is 0 Å². The van der Waals surface area contributed by atoms with E-state index in [1.54, 1.807) is 0 Å². The largest absolute Gasteiger partial charge is 0.369 e. The Kier molecular flexibility index (Phi) is 5.62. The molecule has 2 atom stereocenters. The van der Waals surface area contributed by atoms with E-state index in [4.69, 9.17) is 5.73 Å². The van der Waals surface area contributed by atoms with Gasteiger partial charge in [0.25, 0.3) is 0 Å². The summed E-state index contributed by atoms with van der Waals surface area (Å²) in [6, 6.07) is 10.8. The van der Waals surface area contributed by atoms with E-state index in [9.17, 15) is 4.79 Å². The molecule has 116 valence electrons. The summed E-state index contributed by atoms with van der Waals surface area (Å²) in [5.41, 5.74) is 6.99. The molecule has 1 aliphatic heterocycles. The molecule has 21 heavy (non-hydrogen) atoms. The maximum Gasteiger partial charge on any atom is 0.222 e. The van der Waals surface area contributed by atoms with Crippen LogP contribution >= 0.6 is 0 Å². The van der Waals surface area contributed by atoms with Crippen molar-refractivity contribution in [2.75, 3.05) is 25.0 Å². The predicted octanol–water partition coefficient (Wildman–Crippen LogP) is 2.24. The maximum atomic E-state index is 12.2. The number of benzene rings is 1. The van der Waals surface area contributed by atoms with E-state index in [1.165, 1.54) is 5.69 Å². The zero-order chi connectivity index (χ0) is 15.2. The number of para-hydroxylation sites is 1. The standard InChI is InChI=1S/C17H27N3O/c1-14(18)10-11-17(21)19(2)16-9-6-12-20(13-16)15-7-4-3-5-8-15/h3-5,7-8,14,16H,6,9-13,18H2,1-2H3. The zero-order valence-corrected chi connectivity index (χ0v) is 13.2. The molecular formula is C17H27N3O. The molecule has 1 aliphatic rings. The Hall–Kier alpha value is -1.55. The van der Waals surface area contributed by atoms with Crippen LogP contribution in [0, 0.1) is 0 Å². The third-order valence-corrected chi connectivity index (χ3v) is 4.27. The number of piperidine rings is 1. The van der Waals surface area contributed by atoms with E-state index in [0.29, 0.717) is 12.5 Å². The second-order valence-corrected chi connectivity index (χ2v) is 6.10. The van der Waals surface area contributed by atoms with Gasteiger partial charge in [0, 0.05) is 44.3 Å². The molecule has 4 heteroatoms. The molecule has 0 spiro atoms. The molecule has 1 heterocycles. The van der Waals surface area contributed by atoms with E-state index < -0.39 is 0 Å². The molecule has 2 N–H and O–H groups in total. The summed E-state index contributed by atoms with van der Waals surface area (Å²) < 4.78 is 0. The molecule has 2 unspecified atom stereocenters. The Morgan fingerprint density at radius 1 is 1.43 bits per heavy atom. The number of hydrogen-bond acceptors (Lipinski definition) is 3. The first-order chi connectivity index (χ1) is 10.1. The van der Waals surface area contributed by atoms with Crippen LogP contribution in [-0.4, -0.2) is 43.0 Å². The van der Waals surface area contributed by atoms with Gasteiger partial charge in [-0.2, -0.15) is 0 Å². The Labute approximate surface area is 127 Å². The highest BCUT2D eigenvalue weighted by Crippen LogP contribution is 2.22.